The third kappa shape index (κ3) is 3.80. The molecule has 0 aliphatic carbocycles. The summed E-state index contributed by atoms with van der Waals surface area (Å²) < 4.78 is 20.1. The second-order valence-corrected chi connectivity index (χ2v) is 8.43. The Labute approximate surface area is 172 Å². The molecule has 4 rings (SSSR count). The molecule has 2 aliphatic heterocycles. The minimum Gasteiger partial charge on any atom is -0.389 e. The number of carbonyl (C=O) groups is 1. The molecule has 0 spiro atoms. The topological polar surface area (TPSA) is 96.4 Å². The number of fused-ring (bicyclic) bond motifs is 1. The van der Waals surface area contributed by atoms with Gasteiger partial charge in [0.1, 0.15) is 5.82 Å². The highest BCUT2D eigenvalue weighted by Crippen LogP contribution is 2.36. The maximum Gasteiger partial charge on any atom is 0.254 e. The number of hydrogen-bond donors (Lipinski definition) is 3. The molecular weight excluding hydrogens is 399 g/mol. The fraction of sp³-hybridized carbons (Fsp3) is 0.450. The van der Waals surface area contributed by atoms with E-state index < -0.39 is 23.2 Å². The Hall–Kier alpha value is -2.29. The molecule has 3 N–H and O–H groups in total. The SMILES string of the molecule is CC1(C)CNC(=O)c2c(F)cc(-c3nc(N[C@@H]4CCOC[C@H]4O)ncc3Cl)cc21. The van der Waals surface area contributed by atoms with E-state index in [9.17, 15) is 14.3 Å². The number of aromatic nitrogens is 2. The van der Waals surface area contributed by atoms with Gasteiger partial charge in [0.25, 0.3) is 5.91 Å². The molecule has 1 aromatic heterocycles. The lowest BCUT2D eigenvalue weighted by Gasteiger charge is -2.33. The average molecular weight is 421 g/mol. The van der Waals surface area contributed by atoms with Gasteiger partial charge in [0.05, 0.1) is 41.2 Å². The van der Waals surface area contributed by atoms with E-state index in [-0.39, 0.29) is 29.2 Å². The summed E-state index contributed by atoms with van der Waals surface area (Å²) in [6.45, 7) is 5.06. The number of anilines is 1. The van der Waals surface area contributed by atoms with Gasteiger partial charge in [-0.05, 0) is 24.1 Å². The van der Waals surface area contributed by atoms with Gasteiger partial charge in [-0.2, -0.15) is 0 Å². The molecule has 154 valence electrons. The highest BCUT2D eigenvalue weighted by molar-refractivity contribution is 6.32. The fourth-order valence-electron chi connectivity index (χ4n) is 3.69. The number of carbonyl (C=O) groups excluding carboxylic acids is 1. The molecule has 29 heavy (non-hydrogen) atoms. The molecule has 0 radical (unpaired) electrons. The van der Waals surface area contributed by atoms with Crippen LogP contribution in [-0.4, -0.2) is 52.9 Å². The van der Waals surface area contributed by atoms with E-state index >= 15 is 0 Å². The van der Waals surface area contributed by atoms with Gasteiger partial charge < -0.3 is 20.5 Å². The Morgan fingerprint density at radius 3 is 2.97 bits per heavy atom. The van der Waals surface area contributed by atoms with Gasteiger partial charge >= 0.3 is 0 Å². The monoisotopic (exact) mass is 420 g/mol. The zero-order chi connectivity index (χ0) is 20.8. The first-order chi connectivity index (χ1) is 13.8. The van der Waals surface area contributed by atoms with Crippen molar-refractivity contribution < 1.29 is 19.0 Å². The molecular formula is C20H22ClFN4O3. The smallest absolute Gasteiger partial charge is 0.254 e. The zero-order valence-electron chi connectivity index (χ0n) is 16.1. The van der Waals surface area contributed by atoms with Crippen molar-refractivity contribution in [1.82, 2.24) is 15.3 Å². The van der Waals surface area contributed by atoms with Crippen LogP contribution in [0.15, 0.2) is 18.3 Å². The minimum absolute atomic E-state index is 0.0545. The first kappa shape index (κ1) is 20.0. The third-order valence-corrected chi connectivity index (χ3v) is 5.67. The molecule has 2 aliphatic rings. The lowest BCUT2D eigenvalue weighted by atomic mass is 9.78. The standard InChI is InChI=1S/C20H22ClFN4O3/c1-20(2)9-24-18(28)16-11(20)5-10(6-13(16)22)17-12(21)7-23-19(26-17)25-14-3-4-29-8-15(14)27/h5-7,14-15,27H,3-4,8-9H2,1-2H3,(H,24,28)(H,23,25,26)/t14-,15-/m1/s1. The van der Waals surface area contributed by atoms with Gasteiger partial charge in [-0.15, -0.1) is 0 Å². The van der Waals surface area contributed by atoms with E-state index in [1.54, 1.807) is 6.07 Å². The van der Waals surface area contributed by atoms with Crippen molar-refractivity contribution in [3.05, 3.63) is 40.3 Å². The van der Waals surface area contributed by atoms with Crippen LogP contribution in [0.1, 0.15) is 36.2 Å². The van der Waals surface area contributed by atoms with E-state index in [0.717, 1.165) is 0 Å². The summed E-state index contributed by atoms with van der Waals surface area (Å²) in [6, 6.07) is 2.78. The summed E-state index contributed by atoms with van der Waals surface area (Å²) in [5.41, 5.74) is 1.05. The molecule has 0 saturated carbocycles. The predicted molar refractivity (Wildman–Crippen MR) is 107 cm³/mol. The zero-order valence-corrected chi connectivity index (χ0v) is 16.9. The van der Waals surface area contributed by atoms with E-state index in [1.165, 1.54) is 12.3 Å². The number of nitrogens with zero attached hydrogens (tertiary/aromatic N) is 2. The number of rotatable bonds is 3. The second kappa shape index (κ2) is 7.51. The Morgan fingerprint density at radius 2 is 2.21 bits per heavy atom. The molecule has 7 nitrogen and oxygen atoms in total. The number of ether oxygens (including phenoxy) is 1. The molecule has 2 aromatic rings. The summed E-state index contributed by atoms with van der Waals surface area (Å²) in [5.74, 6) is -0.759. The van der Waals surface area contributed by atoms with Gasteiger partial charge in [0.15, 0.2) is 0 Å². The quantitative estimate of drug-likeness (QED) is 0.706. The first-order valence-electron chi connectivity index (χ1n) is 9.44. The molecule has 9 heteroatoms. The largest absolute Gasteiger partial charge is 0.389 e. The van der Waals surface area contributed by atoms with Gasteiger partial charge in [0, 0.05) is 24.1 Å². The van der Waals surface area contributed by atoms with Crippen molar-refractivity contribution in [3.8, 4) is 11.3 Å². The van der Waals surface area contributed by atoms with Crippen molar-refractivity contribution in [3.63, 3.8) is 0 Å². The third-order valence-electron chi connectivity index (χ3n) is 5.40. The van der Waals surface area contributed by atoms with Gasteiger partial charge in [-0.3, -0.25) is 4.79 Å². The molecule has 2 atom stereocenters. The fourth-order valence-corrected chi connectivity index (χ4v) is 3.89. The molecule has 3 heterocycles. The van der Waals surface area contributed by atoms with Crippen LogP contribution in [0.4, 0.5) is 10.3 Å². The van der Waals surface area contributed by atoms with Crippen LogP contribution in [0, 0.1) is 5.82 Å². The average Bonchev–Trinajstić information content (AvgIpc) is 2.68. The normalized spacial score (nSPS) is 23.3. The summed E-state index contributed by atoms with van der Waals surface area (Å²) >= 11 is 6.31. The van der Waals surface area contributed by atoms with Crippen LogP contribution in [-0.2, 0) is 10.2 Å². The lowest BCUT2D eigenvalue weighted by Crippen LogP contribution is -2.44. The van der Waals surface area contributed by atoms with E-state index in [0.29, 0.717) is 36.4 Å². The molecule has 1 fully saturated rings. The molecule has 0 bridgehead atoms. The Morgan fingerprint density at radius 1 is 1.41 bits per heavy atom. The molecule has 1 amide bonds. The summed E-state index contributed by atoms with van der Waals surface area (Å²) in [5, 5.41) is 16.2. The second-order valence-electron chi connectivity index (χ2n) is 8.02. The number of nitrogens with one attached hydrogen (secondary N) is 2. The van der Waals surface area contributed by atoms with Crippen LogP contribution in [0.5, 0.6) is 0 Å². The van der Waals surface area contributed by atoms with Crippen LogP contribution in [0.25, 0.3) is 11.3 Å². The highest BCUT2D eigenvalue weighted by atomic mass is 35.5. The van der Waals surface area contributed by atoms with Crippen molar-refractivity contribution in [1.29, 1.82) is 0 Å². The summed E-state index contributed by atoms with van der Waals surface area (Å²) in [4.78, 5) is 20.8. The Bertz CT molecular complexity index is 969. The van der Waals surface area contributed by atoms with Gasteiger partial charge in [-0.1, -0.05) is 25.4 Å². The van der Waals surface area contributed by atoms with Crippen LogP contribution < -0.4 is 10.6 Å². The Kier molecular flexibility index (Phi) is 5.18. The number of benzene rings is 1. The minimum atomic E-state index is -0.674. The summed E-state index contributed by atoms with van der Waals surface area (Å²) in [7, 11) is 0. The molecule has 1 saturated heterocycles. The number of hydrogen-bond acceptors (Lipinski definition) is 6. The lowest BCUT2D eigenvalue weighted by molar-refractivity contribution is -0.0136. The molecule has 0 unspecified atom stereocenters. The van der Waals surface area contributed by atoms with Crippen LogP contribution in [0.3, 0.4) is 0 Å². The molecule has 1 aromatic carbocycles. The van der Waals surface area contributed by atoms with Crippen molar-refractivity contribution >= 4 is 23.5 Å². The number of amides is 1. The van der Waals surface area contributed by atoms with Crippen molar-refractivity contribution in [2.24, 2.45) is 0 Å². The van der Waals surface area contributed by atoms with Crippen LogP contribution in [0.2, 0.25) is 5.02 Å². The first-order valence-corrected chi connectivity index (χ1v) is 9.81. The van der Waals surface area contributed by atoms with Gasteiger partial charge in [-0.25, -0.2) is 14.4 Å². The van der Waals surface area contributed by atoms with E-state index in [2.05, 4.69) is 20.6 Å². The number of aliphatic hydroxyl groups is 1. The van der Waals surface area contributed by atoms with Gasteiger partial charge in [0.2, 0.25) is 5.95 Å². The number of halogens is 2. The van der Waals surface area contributed by atoms with E-state index in [1.807, 2.05) is 13.8 Å². The van der Waals surface area contributed by atoms with Crippen molar-refractivity contribution in [2.45, 2.75) is 37.8 Å². The summed E-state index contributed by atoms with van der Waals surface area (Å²) in [6.07, 6.45) is 1.37. The van der Waals surface area contributed by atoms with E-state index in [4.69, 9.17) is 16.3 Å². The number of aliphatic hydroxyl groups excluding tert-OH is 1. The predicted octanol–water partition coefficient (Wildman–Crippen LogP) is 2.52. The maximum atomic E-state index is 14.9. The van der Waals surface area contributed by atoms with Crippen molar-refractivity contribution in [2.75, 3.05) is 25.1 Å². The Balaban J connectivity index is 1.73. The highest BCUT2D eigenvalue weighted by Gasteiger charge is 2.34. The maximum absolute atomic E-state index is 14.9. The van der Waals surface area contributed by atoms with Crippen LogP contribution >= 0.6 is 11.6 Å².